The summed E-state index contributed by atoms with van der Waals surface area (Å²) < 4.78 is 18.3. The van der Waals surface area contributed by atoms with Crippen LogP contribution in [0.3, 0.4) is 0 Å². The van der Waals surface area contributed by atoms with Gasteiger partial charge in [-0.1, -0.05) is 0 Å². The van der Waals surface area contributed by atoms with Crippen molar-refractivity contribution in [3.05, 3.63) is 28.6 Å². The molecule has 0 amide bonds. The molecule has 82 valence electrons. The summed E-state index contributed by atoms with van der Waals surface area (Å²) in [6.45, 7) is 5.19. The lowest BCUT2D eigenvalue weighted by atomic mass is 10.0. The first kappa shape index (κ1) is 11.5. The molecule has 15 heavy (non-hydrogen) atoms. The Morgan fingerprint density at radius 2 is 2.13 bits per heavy atom. The molecule has 0 unspecified atom stereocenters. The van der Waals surface area contributed by atoms with E-state index in [0.717, 1.165) is 0 Å². The number of aryl methyl sites for hydroxylation is 1. The van der Waals surface area contributed by atoms with Crippen LogP contribution in [0.15, 0.2) is 6.07 Å². The lowest BCUT2D eigenvalue weighted by Crippen LogP contribution is -2.11. The molecule has 1 rings (SSSR count). The number of esters is 1. The molecular weight excluding hydrogens is 197 g/mol. The molecule has 0 saturated carbocycles. The molecule has 0 atom stereocenters. The zero-order valence-electron chi connectivity index (χ0n) is 9.06. The maximum atomic E-state index is 13.5. The number of anilines is 1. The Morgan fingerprint density at radius 1 is 1.53 bits per heavy atom. The van der Waals surface area contributed by atoms with E-state index in [9.17, 15) is 9.18 Å². The van der Waals surface area contributed by atoms with Crippen LogP contribution in [0.25, 0.3) is 0 Å². The van der Waals surface area contributed by atoms with Gasteiger partial charge in [0.25, 0.3) is 0 Å². The minimum atomic E-state index is -0.667. The monoisotopic (exact) mass is 211 g/mol. The Morgan fingerprint density at radius 3 is 2.67 bits per heavy atom. The maximum Gasteiger partial charge on any atom is 0.341 e. The quantitative estimate of drug-likeness (QED) is 0.602. The Kier molecular flexibility index (Phi) is 3.29. The average molecular weight is 211 g/mol. The van der Waals surface area contributed by atoms with Crippen LogP contribution in [0.1, 0.15) is 28.4 Å². The van der Waals surface area contributed by atoms with Gasteiger partial charge in [-0.25, -0.2) is 9.18 Å². The summed E-state index contributed by atoms with van der Waals surface area (Å²) in [6.07, 6.45) is 0. The molecule has 3 nitrogen and oxygen atoms in total. The third kappa shape index (κ3) is 2.09. The summed E-state index contributed by atoms with van der Waals surface area (Å²) in [5.74, 6) is -1.25. The van der Waals surface area contributed by atoms with Crippen LogP contribution >= 0.6 is 0 Å². The summed E-state index contributed by atoms with van der Waals surface area (Å²) in [7, 11) is 0. The maximum absolute atomic E-state index is 13.5. The number of ether oxygens (including phenoxy) is 1. The number of carbonyl (C=O) groups excluding carboxylic acids is 1. The smallest absolute Gasteiger partial charge is 0.341 e. The summed E-state index contributed by atoms with van der Waals surface area (Å²) in [5, 5.41) is 0. The number of rotatable bonds is 2. The molecule has 2 N–H and O–H groups in total. The number of benzene rings is 1. The van der Waals surface area contributed by atoms with E-state index in [0.29, 0.717) is 16.8 Å². The van der Waals surface area contributed by atoms with Gasteiger partial charge in [0.2, 0.25) is 0 Å². The van der Waals surface area contributed by atoms with Crippen molar-refractivity contribution < 1.29 is 13.9 Å². The Balaban J connectivity index is 3.29. The van der Waals surface area contributed by atoms with E-state index >= 15 is 0 Å². The number of halogens is 1. The second kappa shape index (κ2) is 4.29. The third-order valence-electron chi connectivity index (χ3n) is 2.27. The predicted molar refractivity (Wildman–Crippen MR) is 56.2 cm³/mol. The zero-order valence-corrected chi connectivity index (χ0v) is 9.06. The Labute approximate surface area is 88.0 Å². The normalized spacial score (nSPS) is 10.1. The van der Waals surface area contributed by atoms with E-state index in [4.69, 9.17) is 10.5 Å². The van der Waals surface area contributed by atoms with Gasteiger partial charge in [-0.15, -0.1) is 0 Å². The van der Waals surface area contributed by atoms with E-state index in [1.807, 2.05) is 0 Å². The van der Waals surface area contributed by atoms with E-state index in [1.165, 1.54) is 6.07 Å². The number of nitrogens with two attached hydrogens (primary N) is 1. The first-order valence-corrected chi connectivity index (χ1v) is 4.71. The molecular formula is C11H14FNO2. The van der Waals surface area contributed by atoms with Gasteiger partial charge in [0.15, 0.2) is 0 Å². The van der Waals surface area contributed by atoms with Gasteiger partial charge in [-0.2, -0.15) is 0 Å². The van der Waals surface area contributed by atoms with Crippen LogP contribution in [0.2, 0.25) is 0 Å². The molecule has 0 aliphatic carbocycles. The fourth-order valence-electron chi connectivity index (χ4n) is 1.40. The van der Waals surface area contributed by atoms with Gasteiger partial charge in [0.05, 0.1) is 6.61 Å². The highest BCUT2D eigenvalue weighted by molar-refractivity contribution is 5.93. The van der Waals surface area contributed by atoms with Crippen molar-refractivity contribution in [3.8, 4) is 0 Å². The number of carbonyl (C=O) groups is 1. The van der Waals surface area contributed by atoms with Crippen LogP contribution in [-0.2, 0) is 4.74 Å². The molecule has 0 spiro atoms. The SMILES string of the molecule is CCOC(=O)c1c(F)cc(C)c(N)c1C. The van der Waals surface area contributed by atoms with E-state index in [2.05, 4.69) is 0 Å². The molecule has 0 fully saturated rings. The van der Waals surface area contributed by atoms with Crippen LogP contribution in [0, 0.1) is 19.7 Å². The average Bonchev–Trinajstić information content (AvgIpc) is 2.15. The van der Waals surface area contributed by atoms with Crippen molar-refractivity contribution in [2.45, 2.75) is 20.8 Å². The minimum Gasteiger partial charge on any atom is -0.462 e. The van der Waals surface area contributed by atoms with Crippen molar-refractivity contribution in [1.82, 2.24) is 0 Å². The summed E-state index contributed by atoms with van der Waals surface area (Å²) in [4.78, 5) is 11.4. The number of nitrogen functional groups attached to an aromatic ring is 1. The molecule has 0 radical (unpaired) electrons. The zero-order chi connectivity index (χ0) is 11.6. The van der Waals surface area contributed by atoms with Crippen molar-refractivity contribution in [2.75, 3.05) is 12.3 Å². The molecule has 1 aromatic carbocycles. The van der Waals surface area contributed by atoms with E-state index < -0.39 is 11.8 Å². The highest BCUT2D eigenvalue weighted by Gasteiger charge is 2.18. The summed E-state index contributed by atoms with van der Waals surface area (Å²) in [6, 6.07) is 1.24. The lowest BCUT2D eigenvalue weighted by Gasteiger charge is -2.11. The first-order chi connectivity index (χ1) is 6.99. The largest absolute Gasteiger partial charge is 0.462 e. The van der Waals surface area contributed by atoms with Gasteiger partial charge in [0.1, 0.15) is 11.4 Å². The summed E-state index contributed by atoms with van der Waals surface area (Å²) >= 11 is 0. The van der Waals surface area contributed by atoms with E-state index in [-0.39, 0.29) is 12.2 Å². The van der Waals surface area contributed by atoms with Crippen molar-refractivity contribution in [3.63, 3.8) is 0 Å². The second-order valence-corrected chi connectivity index (χ2v) is 3.31. The van der Waals surface area contributed by atoms with Gasteiger partial charge in [-0.05, 0) is 38.0 Å². The molecule has 0 aromatic heterocycles. The predicted octanol–water partition coefficient (Wildman–Crippen LogP) is 2.20. The van der Waals surface area contributed by atoms with Gasteiger partial charge >= 0.3 is 5.97 Å². The number of hydrogen-bond acceptors (Lipinski definition) is 3. The lowest BCUT2D eigenvalue weighted by molar-refractivity contribution is 0.0520. The first-order valence-electron chi connectivity index (χ1n) is 4.71. The van der Waals surface area contributed by atoms with Crippen LogP contribution in [0.5, 0.6) is 0 Å². The highest BCUT2D eigenvalue weighted by Crippen LogP contribution is 2.24. The van der Waals surface area contributed by atoms with Crippen molar-refractivity contribution in [2.24, 2.45) is 0 Å². The van der Waals surface area contributed by atoms with Crippen LogP contribution in [-0.4, -0.2) is 12.6 Å². The van der Waals surface area contributed by atoms with Gasteiger partial charge in [-0.3, -0.25) is 0 Å². The van der Waals surface area contributed by atoms with Gasteiger partial charge < -0.3 is 10.5 Å². The third-order valence-corrected chi connectivity index (χ3v) is 2.27. The van der Waals surface area contributed by atoms with Crippen molar-refractivity contribution >= 4 is 11.7 Å². The topological polar surface area (TPSA) is 52.3 Å². The molecule has 0 heterocycles. The second-order valence-electron chi connectivity index (χ2n) is 3.31. The van der Waals surface area contributed by atoms with Crippen LogP contribution in [0.4, 0.5) is 10.1 Å². The molecule has 0 aliphatic rings. The molecule has 0 aliphatic heterocycles. The van der Waals surface area contributed by atoms with E-state index in [1.54, 1.807) is 20.8 Å². The fraction of sp³-hybridized carbons (Fsp3) is 0.364. The molecule has 1 aromatic rings. The van der Waals surface area contributed by atoms with Crippen molar-refractivity contribution in [1.29, 1.82) is 0 Å². The fourth-order valence-corrected chi connectivity index (χ4v) is 1.40. The molecule has 0 saturated heterocycles. The highest BCUT2D eigenvalue weighted by atomic mass is 19.1. The minimum absolute atomic E-state index is 0.0695. The molecule has 0 bridgehead atoms. The van der Waals surface area contributed by atoms with Gasteiger partial charge in [0, 0.05) is 5.69 Å². The Bertz CT molecular complexity index is 402. The number of hydrogen-bond donors (Lipinski definition) is 1. The standard InChI is InChI=1S/C11H14FNO2/c1-4-15-11(14)9-7(3)10(13)6(2)5-8(9)12/h5H,4,13H2,1-3H3. The Hall–Kier alpha value is -1.58. The summed E-state index contributed by atoms with van der Waals surface area (Å²) in [5.41, 5.74) is 7.13. The molecule has 4 heteroatoms. The van der Waals surface area contributed by atoms with Crippen LogP contribution < -0.4 is 5.73 Å².